The van der Waals surface area contributed by atoms with Crippen LogP contribution in [0.1, 0.15) is 40.5 Å². The molecule has 1 atom stereocenters. The molecule has 15 heavy (non-hydrogen) atoms. The molecule has 0 spiro atoms. The number of β-amino-alcohol motifs (C(OH)–C–C–N with tert-alkyl or cyclic N) is 1. The summed E-state index contributed by atoms with van der Waals surface area (Å²) in [5.74, 6) is 0. The maximum Gasteiger partial charge on any atom is 0.0900 e. The second-order valence-corrected chi connectivity index (χ2v) is 5.40. The monoisotopic (exact) mass is 215 g/mol. The van der Waals surface area contributed by atoms with E-state index in [1.165, 1.54) is 12.8 Å². The van der Waals surface area contributed by atoms with Gasteiger partial charge in [-0.05, 0) is 47.1 Å². The lowest BCUT2D eigenvalue weighted by Gasteiger charge is -2.33. The van der Waals surface area contributed by atoms with E-state index in [9.17, 15) is 5.11 Å². The van der Waals surface area contributed by atoms with Gasteiger partial charge in [-0.25, -0.2) is 0 Å². The highest BCUT2D eigenvalue weighted by Crippen LogP contribution is 2.27. The zero-order valence-electron chi connectivity index (χ0n) is 10.5. The van der Waals surface area contributed by atoms with Gasteiger partial charge in [-0.15, -0.1) is 0 Å². The quantitative estimate of drug-likeness (QED) is 0.757. The molecule has 1 N–H and O–H groups in total. The van der Waals surface area contributed by atoms with Crippen molar-refractivity contribution in [2.45, 2.75) is 58.3 Å². The highest BCUT2D eigenvalue weighted by molar-refractivity contribution is 4.88. The number of likely N-dealkylation sites (tertiary alicyclic amines) is 1. The fourth-order valence-corrected chi connectivity index (χ4v) is 2.11. The van der Waals surface area contributed by atoms with E-state index in [2.05, 4.69) is 18.7 Å². The van der Waals surface area contributed by atoms with Gasteiger partial charge in [-0.2, -0.15) is 0 Å². The Labute approximate surface area is 93.4 Å². The van der Waals surface area contributed by atoms with Crippen LogP contribution in [0.2, 0.25) is 0 Å². The highest BCUT2D eigenvalue weighted by atomic mass is 16.5. The molecule has 0 aromatic heterocycles. The van der Waals surface area contributed by atoms with Gasteiger partial charge in [-0.3, -0.25) is 4.90 Å². The van der Waals surface area contributed by atoms with Crippen LogP contribution in [0.5, 0.6) is 0 Å². The maximum absolute atomic E-state index is 9.82. The van der Waals surface area contributed by atoms with E-state index in [0.717, 1.165) is 13.1 Å². The van der Waals surface area contributed by atoms with E-state index >= 15 is 0 Å². The van der Waals surface area contributed by atoms with Gasteiger partial charge in [0.1, 0.15) is 0 Å². The number of ether oxygens (including phenoxy) is 1. The molecule has 0 radical (unpaired) electrons. The lowest BCUT2D eigenvalue weighted by atomic mass is 10.0. The summed E-state index contributed by atoms with van der Waals surface area (Å²) in [6.45, 7) is 10.8. The first-order valence-electron chi connectivity index (χ1n) is 5.96. The van der Waals surface area contributed by atoms with Crippen molar-refractivity contribution >= 4 is 0 Å². The predicted molar refractivity (Wildman–Crippen MR) is 62.0 cm³/mol. The summed E-state index contributed by atoms with van der Waals surface area (Å²) in [6, 6.07) is 0. The highest BCUT2D eigenvalue weighted by Gasteiger charge is 2.32. The molecule has 1 fully saturated rings. The van der Waals surface area contributed by atoms with Gasteiger partial charge in [0.25, 0.3) is 0 Å². The first-order valence-corrected chi connectivity index (χ1v) is 5.96. The first kappa shape index (κ1) is 12.9. The molecule has 0 aromatic rings. The number of aliphatic hydroxyl groups is 1. The number of rotatable bonds is 5. The number of hydrogen-bond donors (Lipinski definition) is 1. The van der Waals surface area contributed by atoms with Crippen LogP contribution in [0.15, 0.2) is 0 Å². The molecule has 1 rings (SSSR count). The second-order valence-electron chi connectivity index (χ2n) is 5.40. The fraction of sp³-hybridized carbons (Fsp3) is 1.00. The minimum atomic E-state index is -0.357. The van der Waals surface area contributed by atoms with E-state index < -0.39 is 0 Å². The predicted octanol–water partition coefficient (Wildman–Crippen LogP) is 1.65. The lowest BCUT2D eigenvalue weighted by Crippen LogP contribution is -2.44. The van der Waals surface area contributed by atoms with Crippen LogP contribution in [-0.2, 0) is 4.74 Å². The Kier molecular flexibility index (Phi) is 4.56. The largest absolute Gasteiger partial charge is 0.389 e. The lowest BCUT2D eigenvalue weighted by molar-refractivity contribution is -0.0162. The molecule has 0 amide bonds. The molecule has 1 aliphatic heterocycles. The number of aliphatic hydroxyl groups excluding tert-OH is 1. The molecule has 0 bridgehead atoms. The molecular formula is C12H25NO2. The van der Waals surface area contributed by atoms with E-state index in [0.29, 0.717) is 6.61 Å². The van der Waals surface area contributed by atoms with Gasteiger partial charge in [0, 0.05) is 12.1 Å². The summed E-state index contributed by atoms with van der Waals surface area (Å²) in [5, 5.41) is 9.82. The Hall–Kier alpha value is -0.120. The smallest absolute Gasteiger partial charge is 0.0900 e. The van der Waals surface area contributed by atoms with Crippen molar-refractivity contribution in [2.24, 2.45) is 0 Å². The first-order chi connectivity index (χ1) is 6.92. The van der Waals surface area contributed by atoms with Crippen molar-refractivity contribution in [1.29, 1.82) is 0 Å². The van der Waals surface area contributed by atoms with E-state index in [4.69, 9.17) is 4.74 Å². The Morgan fingerprint density at radius 2 is 2.07 bits per heavy atom. The van der Waals surface area contributed by atoms with Gasteiger partial charge in [0.2, 0.25) is 0 Å². The number of hydrogen-bond acceptors (Lipinski definition) is 3. The molecule has 1 saturated heterocycles. The average Bonchev–Trinajstić information content (AvgIpc) is 2.43. The summed E-state index contributed by atoms with van der Waals surface area (Å²) < 4.78 is 5.41. The average molecular weight is 215 g/mol. The van der Waals surface area contributed by atoms with Crippen molar-refractivity contribution in [3.05, 3.63) is 0 Å². The van der Waals surface area contributed by atoms with Gasteiger partial charge >= 0.3 is 0 Å². The van der Waals surface area contributed by atoms with Crippen LogP contribution in [0.3, 0.4) is 0 Å². The maximum atomic E-state index is 9.82. The molecule has 0 aromatic carbocycles. The molecule has 0 saturated carbocycles. The Morgan fingerprint density at radius 1 is 1.40 bits per heavy atom. The number of nitrogens with zero attached hydrogens (tertiary/aromatic N) is 1. The van der Waals surface area contributed by atoms with Crippen molar-refractivity contribution in [1.82, 2.24) is 4.90 Å². The van der Waals surface area contributed by atoms with Gasteiger partial charge in [0.05, 0.1) is 18.8 Å². The van der Waals surface area contributed by atoms with Gasteiger partial charge in [-0.1, -0.05) is 0 Å². The topological polar surface area (TPSA) is 32.7 Å². The molecular weight excluding hydrogens is 190 g/mol. The summed E-state index contributed by atoms with van der Waals surface area (Å²) in [5.41, 5.74) is 0.249. The van der Waals surface area contributed by atoms with Gasteiger partial charge < -0.3 is 9.84 Å². The van der Waals surface area contributed by atoms with Crippen LogP contribution in [-0.4, -0.2) is 47.4 Å². The Bertz CT molecular complexity index is 192. The van der Waals surface area contributed by atoms with Crippen LogP contribution in [0.25, 0.3) is 0 Å². The molecule has 1 unspecified atom stereocenters. The Morgan fingerprint density at radius 3 is 2.53 bits per heavy atom. The van der Waals surface area contributed by atoms with Crippen molar-refractivity contribution in [2.75, 3.05) is 19.7 Å². The van der Waals surface area contributed by atoms with Crippen LogP contribution < -0.4 is 0 Å². The van der Waals surface area contributed by atoms with Gasteiger partial charge in [0.15, 0.2) is 0 Å². The van der Waals surface area contributed by atoms with E-state index in [1.54, 1.807) is 0 Å². The van der Waals surface area contributed by atoms with Crippen LogP contribution in [0.4, 0.5) is 0 Å². The summed E-state index contributed by atoms with van der Waals surface area (Å²) in [4.78, 5) is 2.36. The van der Waals surface area contributed by atoms with Crippen molar-refractivity contribution in [3.63, 3.8) is 0 Å². The van der Waals surface area contributed by atoms with Crippen molar-refractivity contribution < 1.29 is 9.84 Å². The third kappa shape index (κ3) is 4.09. The molecule has 3 nitrogen and oxygen atoms in total. The minimum Gasteiger partial charge on any atom is -0.389 e. The molecule has 1 heterocycles. The molecule has 3 heteroatoms. The summed E-state index contributed by atoms with van der Waals surface area (Å²) in [7, 11) is 0. The third-order valence-electron chi connectivity index (χ3n) is 3.13. The van der Waals surface area contributed by atoms with E-state index in [1.807, 2.05) is 13.8 Å². The zero-order valence-corrected chi connectivity index (χ0v) is 10.5. The standard InChI is InChI=1S/C12H25NO2/c1-10(2)15-9-11(14)8-13-7-5-6-12(13,3)4/h10-11,14H,5-9H2,1-4H3. The summed E-state index contributed by atoms with van der Waals surface area (Å²) in [6.07, 6.45) is 2.31. The zero-order chi connectivity index (χ0) is 11.5. The van der Waals surface area contributed by atoms with Crippen LogP contribution >= 0.6 is 0 Å². The van der Waals surface area contributed by atoms with E-state index in [-0.39, 0.29) is 17.7 Å². The SMILES string of the molecule is CC(C)OCC(O)CN1CCCC1(C)C. The third-order valence-corrected chi connectivity index (χ3v) is 3.13. The molecule has 90 valence electrons. The normalized spacial score (nSPS) is 23.6. The second kappa shape index (κ2) is 5.28. The Balaban J connectivity index is 2.28. The summed E-state index contributed by atoms with van der Waals surface area (Å²) >= 11 is 0. The molecule has 1 aliphatic rings. The molecule has 0 aliphatic carbocycles. The fourth-order valence-electron chi connectivity index (χ4n) is 2.11. The van der Waals surface area contributed by atoms with Crippen molar-refractivity contribution in [3.8, 4) is 0 Å². The minimum absolute atomic E-state index is 0.200. The van der Waals surface area contributed by atoms with Crippen LogP contribution in [0, 0.1) is 0 Å².